The van der Waals surface area contributed by atoms with E-state index in [4.69, 9.17) is 4.74 Å². The van der Waals surface area contributed by atoms with Crippen LogP contribution in [0.3, 0.4) is 0 Å². The third-order valence-electron chi connectivity index (χ3n) is 5.02. The minimum Gasteiger partial charge on any atom is -0.489 e. The molecule has 3 aromatic rings. The Kier molecular flexibility index (Phi) is 5.30. The third kappa shape index (κ3) is 3.80. The van der Waals surface area contributed by atoms with Crippen LogP contribution in [0.15, 0.2) is 78.9 Å². The Morgan fingerprint density at radius 3 is 1.93 bits per heavy atom. The smallest absolute Gasteiger partial charge is 0.327 e. The van der Waals surface area contributed by atoms with Crippen molar-refractivity contribution < 1.29 is 24.2 Å². The van der Waals surface area contributed by atoms with Gasteiger partial charge in [-0.3, -0.25) is 14.5 Å². The zero-order chi connectivity index (χ0) is 21.1. The van der Waals surface area contributed by atoms with Crippen molar-refractivity contribution in [1.29, 1.82) is 0 Å². The number of carbonyl (C=O) groups excluding carboxylic acids is 2. The number of carbonyl (C=O) groups is 3. The van der Waals surface area contributed by atoms with E-state index in [9.17, 15) is 19.5 Å². The molecule has 3 aromatic carbocycles. The molecule has 150 valence electrons. The summed E-state index contributed by atoms with van der Waals surface area (Å²) < 4.78 is 5.74. The minimum absolute atomic E-state index is 0.0137. The predicted molar refractivity (Wildman–Crippen MR) is 109 cm³/mol. The van der Waals surface area contributed by atoms with E-state index in [1.165, 1.54) is 12.1 Å². The molecule has 0 aromatic heterocycles. The van der Waals surface area contributed by atoms with Crippen molar-refractivity contribution in [2.45, 2.75) is 19.1 Å². The van der Waals surface area contributed by atoms with Gasteiger partial charge in [-0.05, 0) is 35.4 Å². The lowest BCUT2D eigenvalue weighted by Gasteiger charge is -2.22. The number of benzene rings is 3. The van der Waals surface area contributed by atoms with Gasteiger partial charge in [-0.1, -0.05) is 54.6 Å². The Morgan fingerprint density at radius 2 is 1.37 bits per heavy atom. The van der Waals surface area contributed by atoms with Gasteiger partial charge < -0.3 is 9.84 Å². The second-order valence-corrected chi connectivity index (χ2v) is 7.00. The molecule has 0 saturated heterocycles. The number of nitrogens with zero attached hydrogens (tertiary/aromatic N) is 1. The standard InChI is InChI=1S/C24H19NO5/c26-22-19-8-4-5-9-20(19)23(27)25(22)21(24(28)29)14-16-10-12-18(13-11-16)30-15-17-6-2-1-3-7-17/h1-13,21H,14-15H2,(H,28,29)/t21-/m0/s1. The van der Waals surface area contributed by atoms with Gasteiger partial charge in [-0.25, -0.2) is 4.79 Å². The van der Waals surface area contributed by atoms with Gasteiger partial charge in [0.05, 0.1) is 11.1 Å². The van der Waals surface area contributed by atoms with Crippen molar-refractivity contribution >= 4 is 17.8 Å². The first-order valence-electron chi connectivity index (χ1n) is 9.50. The molecule has 6 nitrogen and oxygen atoms in total. The molecule has 0 saturated carbocycles. The van der Waals surface area contributed by atoms with E-state index >= 15 is 0 Å². The van der Waals surface area contributed by atoms with Crippen LogP contribution < -0.4 is 4.74 Å². The number of aliphatic carboxylic acids is 1. The lowest BCUT2D eigenvalue weighted by atomic mass is 10.0. The average molecular weight is 401 g/mol. The quantitative estimate of drug-likeness (QED) is 0.612. The Hall–Kier alpha value is -3.93. The molecule has 1 atom stereocenters. The molecule has 0 aliphatic carbocycles. The zero-order valence-corrected chi connectivity index (χ0v) is 16.0. The fraction of sp³-hybridized carbons (Fsp3) is 0.125. The third-order valence-corrected chi connectivity index (χ3v) is 5.02. The van der Waals surface area contributed by atoms with E-state index in [1.54, 1.807) is 36.4 Å². The van der Waals surface area contributed by atoms with Crippen LogP contribution in [-0.4, -0.2) is 33.8 Å². The SMILES string of the molecule is O=C(O)[C@H](Cc1ccc(OCc2ccccc2)cc1)N1C(=O)c2ccccc2C1=O. The van der Waals surface area contributed by atoms with Crippen LogP contribution >= 0.6 is 0 Å². The maximum atomic E-state index is 12.6. The summed E-state index contributed by atoms with van der Waals surface area (Å²) in [6, 6.07) is 21.8. The first kappa shape index (κ1) is 19.4. The number of rotatable bonds is 7. The molecule has 30 heavy (non-hydrogen) atoms. The van der Waals surface area contributed by atoms with E-state index in [1.807, 2.05) is 30.3 Å². The number of fused-ring (bicyclic) bond motifs is 1. The van der Waals surface area contributed by atoms with Crippen LogP contribution in [0, 0.1) is 0 Å². The number of carboxylic acids is 1. The molecule has 1 aliphatic heterocycles. The molecule has 0 unspecified atom stereocenters. The number of hydrogen-bond acceptors (Lipinski definition) is 4. The van der Waals surface area contributed by atoms with Gasteiger partial charge in [-0.2, -0.15) is 0 Å². The summed E-state index contributed by atoms with van der Waals surface area (Å²) in [7, 11) is 0. The van der Waals surface area contributed by atoms with E-state index in [0.717, 1.165) is 10.5 Å². The molecule has 0 fully saturated rings. The highest BCUT2D eigenvalue weighted by molar-refractivity contribution is 6.22. The van der Waals surface area contributed by atoms with E-state index in [0.29, 0.717) is 17.9 Å². The predicted octanol–water partition coefficient (Wildman–Crippen LogP) is 3.56. The minimum atomic E-state index is -1.28. The van der Waals surface area contributed by atoms with Crippen LogP contribution in [0.1, 0.15) is 31.8 Å². The number of hydrogen-bond donors (Lipinski definition) is 1. The van der Waals surface area contributed by atoms with E-state index in [2.05, 4.69) is 0 Å². The Balaban J connectivity index is 1.47. The van der Waals surface area contributed by atoms with Gasteiger partial charge in [-0.15, -0.1) is 0 Å². The average Bonchev–Trinajstić information content (AvgIpc) is 3.02. The molecule has 0 radical (unpaired) electrons. The van der Waals surface area contributed by atoms with E-state index < -0.39 is 23.8 Å². The maximum Gasteiger partial charge on any atom is 0.327 e. The molecule has 1 heterocycles. The Labute approximate surface area is 173 Å². The second kappa shape index (κ2) is 8.21. The Bertz CT molecular complexity index is 1060. The molecule has 2 amide bonds. The summed E-state index contributed by atoms with van der Waals surface area (Å²) in [5.74, 6) is -1.74. The van der Waals surface area contributed by atoms with Gasteiger partial charge >= 0.3 is 5.97 Å². The van der Waals surface area contributed by atoms with Crippen LogP contribution in [0.5, 0.6) is 5.75 Å². The van der Waals surface area contributed by atoms with Gasteiger partial charge in [0, 0.05) is 6.42 Å². The van der Waals surface area contributed by atoms with Crippen molar-refractivity contribution in [3.63, 3.8) is 0 Å². The summed E-state index contributed by atoms with van der Waals surface area (Å²) in [6.07, 6.45) is 0.0137. The van der Waals surface area contributed by atoms with Crippen LogP contribution in [0.2, 0.25) is 0 Å². The highest BCUT2D eigenvalue weighted by Gasteiger charge is 2.42. The van der Waals surface area contributed by atoms with Gasteiger partial charge in [0.2, 0.25) is 0 Å². The van der Waals surface area contributed by atoms with Crippen LogP contribution in [0.25, 0.3) is 0 Å². The Morgan fingerprint density at radius 1 is 0.800 bits per heavy atom. The van der Waals surface area contributed by atoms with Gasteiger partial charge in [0.1, 0.15) is 18.4 Å². The van der Waals surface area contributed by atoms with Gasteiger partial charge in [0.25, 0.3) is 11.8 Å². The van der Waals surface area contributed by atoms with Crippen molar-refractivity contribution in [2.24, 2.45) is 0 Å². The normalized spacial score (nSPS) is 13.8. The van der Waals surface area contributed by atoms with Crippen molar-refractivity contribution in [3.8, 4) is 5.75 Å². The summed E-state index contributed by atoms with van der Waals surface area (Å²) >= 11 is 0. The highest BCUT2D eigenvalue weighted by Crippen LogP contribution is 2.26. The monoisotopic (exact) mass is 401 g/mol. The molecule has 1 aliphatic rings. The molecule has 6 heteroatoms. The number of carboxylic acid groups (broad SMARTS) is 1. The molecule has 0 spiro atoms. The fourth-order valence-corrected chi connectivity index (χ4v) is 3.47. The van der Waals surface area contributed by atoms with Crippen molar-refractivity contribution in [2.75, 3.05) is 0 Å². The number of amides is 2. The first-order valence-corrected chi connectivity index (χ1v) is 9.50. The summed E-state index contributed by atoms with van der Waals surface area (Å²) in [6.45, 7) is 0.424. The topological polar surface area (TPSA) is 83.9 Å². The number of imide groups is 1. The lowest BCUT2D eigenvalue weighted by Crippen LogP contribution is -2.46. The first-order chi connectivity index (χ1) is 14.5. The molecular weight excluding hydrogens is 382 g/mol. The molecule has 0 bridgehead atoms. The fourth-order valence-electron chi connectivity index (χ4n) is 3.47. The largest absolute Gasteiger partial charge is 0.489 e. The van der Waals surface area contributed by atoms with Crippen LogP contribution in [-0.2, 0) is 17.8 Å². The second-order valence-electron chi connectivity index (χ2n) is 7.00. The summed E-state index contributed by atoms with van der Waals surface area (Å²) in [5.41, 5.74) is 2.20. The zero-order valence-electron chi connectivity index (χ0n) is 16.0. The maximum absolute atomic E-state index is 12.6. The van der Waals surface area contributed by atoms with E-state index in [-0.39, 0.29) is 17.5 Å². The van der Waals surface area contributed by atoms with Crippen molar-refractivity contribution in [3.05, 3.63) is 101 Å². The summed E-state index contributed by atoms with van der Waals surface area (Å²) in [4.78, 5) is 38.0. The van der Waals surface area contributed by atoms with Crippen LogP contribution in [0.4, 0.5) is 0 Å². The van der Waals surface area contributed by atoms with Crippen molar-refractivity contribution in [1.82, 2.24) is 4.90 Å². The summed E-state index contributed by atoms with van der Waals surface area (Å²) in [5, 5.41) is 9.70. The molecule has 1 N–H and O–H groups in total. The molecular formula is C24H19NO5. The van der Waals surface area contributed by atoms with Gasteiger partial charge in [0.15, 0.2) is 0 Å². The highest BCUT2D eigenvalue weighted by atomic mass is 16.5. The molecule has 4 rings (SSSR count). The lowest BCUT2D eigenvalue weighted by molar-refractivity contribution is -0.141. The number of ether oxygens (including phenoxy) is 1.